The van der Waals surface area contributed by atoms with E-state index in [2.05, 4.69) is 9.97 Å². The van der Waals surface area contributed by atoms with Crippen LogP contribution in [0, 0.1) is 5.92 Å². The summed E-state index contributed by atoms with van der Waals surface area (Å²) in [6, 6.07) is -0.832. The summed E-state index contributed by atoms with van der Waals surface area (Å²) >= 11 is 0.604. The molecule has 1 aliphatic rings. The second-order valence-electron chi connectivity index (χ2n) is 6.93. The maximum absolute atomic E-state index is 12.4. The zero-order chi connectivity index (χ0) is 21.5. The molecule has 0 spiro atoms. The Morgan fingerprint density at radius 3 is 2.76 bits per heavy atom. The summed E-state index contributed by atoms with van der Waals surface area (Å²) in [7, 11) is 0. The molecule has 0 amide bonds. The van der Waals surface area contributed by atoms with E-state index in [0.717, 1.165) is 4.57 Å². The van der Waals surface area contributed by atoms with Crippen LogP contribution in [0.15, 0.2) is 9.59 Å². The number of aliphatic hydroxyl groups excluding tert-OH is 2. The lowest BCUT2D eigenvalue weighted by Crippen LogP contribution is -2.40. The normalized spacial score (nSPS) is 26.5. The van der Waals surface area contributed by atoms with Crippen molar-refractivity contribution in [3.8, 4) is 0 Å². The molecule has 3 heterocycles. The number of H-pyrrole nitrogens is 1. The van der Waals surface area contributed by atoms with E-state index >= 15 is 0 Å². The second kappa shape index (κ2) is 8.20. The SMILES string of the molecule is CCC(C)C(N)C(=O)OC[C@H]1O[C@@H](n2c(=O)sc3c(=O)[nH]c(N)nc32)[C@H](O)[C@@H]1O. The second-order valence-corrected chi connectivity index (χ2v) is 7.89. The standard InChI is InChI=1S/C16H23N5O7S/c1-3-5(2)7(17)14(25)27-4-6-8(22)9(23)13(28-6)21-11-10(29-16(21)26)12(24)20-15(18)19-11/h5-9,13,22-23H,3-4,17H2,1-2H3,(H3,18,19,20,24)/t5?,6-,7?,8-,9-,13-/m1/s1. The summed E-state index contributed by atoms with van der Waals surface area (Å²) in [5, 5.41) is 20.7. The number of aromatic nitrogens is 3. The topological polar surface area (TPSA) is 196 Å². The van der Waals surface area contributed by atoms with E-state index in [-0.39, 0.29) is 28.8 Å². The van der Waals surface area contributed by atoms with Gasteiger partial charge in [0.25, 0.3) is 5.56 Å². The monoisotopic (exact) mass is 429 g/mol. The first-order chi connectivity index (χ1) is 13.6. The number of hydrogen-bond acceptors (Lipinski definition) is 11. The predicted octanol–water partition coefficient (Wildman–Crippen LogP) is -1.74. The third-order valence-corrected chi connectivity index (χ3v) is 5.95. The van der Waals surface area contributed by atoms with Crippen molar-refractivity contribution < 1.29 is 24.5 Å². The summed E-state index contributed by atoms with van der Waals surface area (Å²) < 4.78 is 11.6. The number of ether oxygens (including phenoxy) is 2. The molecule has 0 aliphatic carbocycles. The quantitative estimate of drug-likeness (QED) is 0.329. The van der Waals surface area contributed by atoms with E-state index in [0.29, 0.717) is 17.8 Å². The number of thiazole rings is 1. The van der Waals surface area contributed by atoms with Crippen LogP contribution in [0.1, 0.15) is 26.5 Å². The third kappa shape index (κ3) is 3.91. The van der Waals surface area contributed by atoms with Gasteiger partial charge >= 0.3 is 10.8 Å². The fraction of sp³-hybridized carbons (Fsp3) is 0.625. The van der Waals surface area contributed by atoms with Gasteiger partial charge in [0.05, 0.1) is 0 Å². The smallest absolute Gasteiger partial charge is 0.323 e. The molecule has 160 valence electrons. The number of nitrogens with two attached hydrogens (primary N) is 2. The van der Waals surface area contributed by atoms with Crippen LogP contribution in [-0.2, 0) is 14.3 Å². The highest BCUT2D eigenvalue weighted by Crippen LogP contribution is 2.31. The van der Waals surface area contributed by atoms with Gasteiger partial charge in [-0.3, -0.25) is 23.9 Å². The highest BCUT2D eigenvalue weighted by atomic mass is 32.1. The van der Waals surface area contributed by atoms with Crippen molar-refractivity contribution in [2.75, 3.05) is 12.3 Å². The number of hydrogen-bond donors (Lipinski definition) is 5. The van der Waals surface area contributed by atoms with Crippen molar-refractivity contribution >= 4 is 33.6 Å². The van der Waals surface area contributed by atoms with Crippen LogP contribution in [0.4, 0.5) is 5.95 Å². The van der Waals surface area contributed by atoms with Gasteiger partial charge in [-0.2, -0.15) is 4.98 Å². The van der Waals surface area contributed by atoms with Crippen molar-refractivity contribution in [2.24, 2.45) is 11.7 Å². The summed E-state index contributed by atoms with van der Waals surface area (Å²) in [6.45, 7) is 3.32. The van der Waals surface area contributed by atoms with E-state index in [4.69, 9.17) is 20.9 Å². The number of nitrogen functional groups attached to an aromatic ring is 1. The molecule has 0 bridgehead atoms. The zero-order valence-electron chi connectivity index (χ0n) is 15.8. The van der Waals surface area contributed by atoms with E-state index < -0.39 is 47.0 Å². The van der Waals surface area contributed by atoms with Crippen molar-refractivity contribution in [1.29, 1.82) is 0 Å². The maximum atomic E-state index is 12.4. The molecule has 1 fully saturated rings. The number of nitrogens with zero attached hydrogens (tertiary/aromatic N) is 2. The molecule has 0 radical (unpaired) electrons. The molecule has 2 aromatic rings. The highest BCUT2D eigenvalue weighted by Gasteiger charge is 2.46. The van der Waals surface area contributed by atoms with Gasteiger partial charge in [0.1, 0.15) is 35.7 Å². The minimum absolute atomic E-state index is 0.00361. The summed E-state index contributed by atoms with van der Waals surface area (Å²) in [6.07, 6.45) is -4.74. The first-order valence-electron chi connectivity index (χ1n) is 9.00. The molecule has 12 nitrogen and oxygen atoms in total. The lowest BCUT2D eigenvalue weighted by atomic mass is 10.0. The minimum Gasteiger partial charge on any atom is -0.462 e. The molecule has 29 heavy (non-hydrogen) atoms. The Kier molecular flexibility index (Phi) is 6.05. The molecule has 2 aromatic heterocycles. The first kappa shape index (κ1) is 21.4. The number of fused-ring (bicyclic) bond motifs is 1. The number of aliphatic hydroxyl groups is 2. The van der Waals surface area contributed by atoms with Crippen molar-refractivity contribution in [3.63, 3.8) is 0 Å². The molecule has 6 atom stereocenters. The van der Waals surface area contributed by atoms with Gasteiger partial charge in [-0.05, 0) is 5.92 Å². The van der Waals surface area contributed by atoms with Gasteiger partial charge in [0, 0.05) is 0 Å². The number of anilines is 1. The Balaban J connectivity index is 1.81. The lowest BCUT2D eigenvalue weighted by molar-refractivity contribution is -0.152. The molecular formula is C16H23N5O7S. The van der Waals surface area contributed by atoms with Gasteiger partial charge in [-0.15, -0.1) is 0 Å². The average Bonchev–Trinajstić information content (AvgIpc) is 3.15. The van der Waals surface area contributed by atoms with E-state index in [1.54, 1.807) is 6.92 Å². The molecule has 13 heteroatoms. The number of esters is 1. The van der Waals surface area contributed by atoms with E-state index in [1.165, 1.54) is 0 Å². The zero-order valence-corrected chi connectivity index (χ0v) is 16.6. The largest absolute Gasteiger partial charge is 0.462 e. The van der Waals surface area contributed by atoms with Crippen LogP contribution in [0.25, 0.3) is 10.3 Å². The van der Waals surface area contributed by atoms with Gasteiger partial charge in [0.15, 0.2) is 11.9 Å². The fourth-order valence-corrected chi connectivity index (χ4v) is 3.84. The summed E-state index contributed by atoms with van der Waals surface area (Å²) in [5.74, 6) is -0.973. The van der Waals surface area contributed by atoms with Gasteiger partial charge in [0.2, 0.25) is 5.95 Å². The third-order valence-electron chi connectivity index (χ3n) is 5.00. The van der Waals surface area contributed by atoms with Crippen LogP contribution >= 0.6 is 11.3 Å². The number of nitrogens with one attached hydrogen (secondary N) is 1. The van der Waals surface area contributed by atoms with E-state index in [1.807, 2.05) is 6.92 Å². The van der Waals surface area contributed by atoms with Gasteiger partial charge in [-0.1, -0.05) is 31.6 Å². The molecule has 1 aliphatic heterocycles. The molecule has 2 unspecified atom stereocenters. The number of carbonyl (C=O) groups excluding carboxylic acids is 1. The number of aromatic amines is 1. The van der Waals surface area contributed by atoms with Crippen LogP contribution in [-0.4, -0.2) is 61.7 Å². The predicted molar refractivity (Wildman–Crippen MR) is 103 cm³/mol. The Morgan fingerprint density at radius 1 is 1.41 bits per heavy atom. The van der Waals surface area contributed by atoms with Crippen LogP contribution in [0.5, 0.6) is 0 Å². The molecule has 3 rings (SSSR count). The Morgan fingerprint density at radius 2 is 2.10 bits per heavy atom. The van der Waals surface area contributed by atoms with Crippen molar-refractivity contribution in [3.05, 3.63) is 20.0 Å². The average molecular weight is 429 g/mol. The van der Waals surface area contributed by atoms with Crippen molar-refractivity contribution in [2.45, 2.75) is 50.8 Å². The van der Waals surface area contributed by atoms with Gasteiger partial charge in [-0.25, -0.2) is 0 Å². The maximum Gasteiger partial charge on any atom is 0.323 e. The Bertz CT molecular complexity index is 1020. The molecular weight excluding hydrogens is 406 g/mol. The number of rotatable bonds is 6. The number of carbonyl (C=O) groups is 1. The fourth-order valence-electron chi connectivity index (χ4n) is 3.00. The van der Waals surface area contributed by atoms with Crippen LogP contribution in [0.3, 0.4) is 0 Å². The lowest BCUT2D eigenvalue weighted by Gasteiger charge is -2.19. The van der Waals surface area contributed by atoms with Crippen LogP contribution in [0.2, 0.25) is 0 Å². The molecule has 0 aromatic carbocycles. The summed E-state index contributed by atoms with van der Waals surface area (Å²) in [4.78, 5) is 42.0. The molecule has 7 N–H and O–H groups in total. The minimum atomic E-state index is -1.53. The Labute approximate surface area is 168 Å². The van der Waals surface area contributed by atoms with Crippen LogP contribution < -0.4 is 21.9 Å². The van der Waals surface area contributed by atoms with Crippen molar-refractivity contribution in [1.82, 2.24) is 14.5 Å². The van der Waals surface area contributed by atoms with Gasteiger partial charge < -0.3 is 31.2 Å². The molecule has 0 saturated carbocycles. The van der Waals surface area contributed by atoms with E-state index in [9.17, 15) is 24.6 Å². The summed E-state index contributed by atoms with van der Waals surface area (Å²) in [5.41, 5.74) is 10.7. The highest BCUT2D eigenvalue weighted by molar-refractivity contribution is 7.16. The Hall–Kier alpha value is -2.32. The molecule has 1 saturated heterocycles. The first-order valence-corrected chi connectivity index (χ1v) is 9.82.